The Bertz CT molecular complexity index is 11.5. The molecular formula is H2BaCuF2O2. The fourth-order valence-corrected chi connectivity index (χ4v) is 0. The molecule has 6 heavy (non-hydrogen) atoms. The van der Waals surface area contributed by atoms with Crippen LogP contribution < -0.4 is 10.6 Å². The molecule has 0 amide bonds. The summed E-state index contributed by atoms with van der Waals surface area (Å²) in [7, 11) is 0. The molecule has 0 aliphatic rings. The van der Waals surface area contributed by atoms with Crippen LogP contribution in [-0.2, 0) is 17.1 Å². The van der Waals surface area contributed by atoms with Crippen LogP contribution in [0.2, 0.25) is 0 Å². The Hall–Kier alpha value is 1.87. The fourth-order valence-electron chi connectivity index (χ4n) is 0. The van der Waals surface area contributed by atoms with E-state index in [9.17, 15) is 0 Å². The van der Waals surface area contributed by atoms with Crippen LogP contribution in [0.4, 0.5) is 9.05 Å². The van der Waals surface area contributed by atoms with E-state index in [1.54, 1.807) is 0 Å². The van der Waals surface area contributed by atoms with Crippen molar-refractivity contribution in [3.63, 3.8) is 0 Å². The molecule has 0 aromatic carbocycles. The quantitative estimate of drug-likeness (QED) is 0.460. The van der Waals surface area contributed by atoms with E-state index in [0.717, 1.165) is 0 Å². The summed E-state index contributed by atoms with van der Waals surface area (Å²) in [6.07, 6.45) is 0. The van der Waals surface area contributed by atoms with Crippen LogP contribution in [0.15, 0.2) is 0 Å². The zero-order valence-corrected chi connectivity index (χ0v) is 2.82. The van der Waals surface area contributed by atoms with Gasteiger partial charge in [-0.3, -0.25) is 0 Å². The van der Waals surface area contributed by atoms with Crippen molar-refractivity contribution in [2.45, 2.75) is 0 Å². The smallest absolute Gasteiger partial charge is 0.682 e. The van der Waals surface area contributed by atoms with Gasteiger partial charge < -0.3 is 19.7 Å². The Labute approximate surface area is 84.3 Å². The van der Waals surface area contributed by atoms with Gasteiger partial charge in [0.25, 0.3) is 0 Å². The summed E-state index contributed by atoms with van der Waals surface area (Å²) in [5.74, 6) is 0. The molecule has 0 fully saturated rings. The number of halogens is 2. The average molecular weight is 273 g/mol. The van der Waals surface area contributed by atoms with Crippen molar-refractivity contribution in [2.24, 2.45) is 0 Å². The molecule has 0 rings (SSSR count). The Balaban J connectivity index is -0.00000000500. The molecular weight excluding hydrogens is 271 g/mol. The number of rotatable bonds is 0. The van der Waals surface area contributed by atoms with Gasteiger partial charge in [-0.15, -0.1) is 0 Å². The molecule has 0 N–H and O–H groups in total. The van der Waals surface area contributed by atoms with Gasteiger partial charge in [-0.2, -0.15) is 0 Å². The summed E-state index contributed by atoms with van der Waals surface area (Å²) in [6, 6.07) is 0. The second kappa shape index (κ2) is 67.7. The zero-order valence-electron chi connectivity index (χ0n) is 1.87. The van der Waals surface area contributed by atoms with Crippen LogP contribution in [0.25, 0.3) is 0 Å². The molecule has 0 bridgehead atoms. The molecule has 6 heteroatoms. The van der Waals surface area contributed by atoms with E-state index in [2.05, 4.69) is 0 Å². The van der Waals surface area contributed by atoms with Gasteiger partial charge in [0.15, 0.2) is 0 Å². The average Bonchev–Trinajstić information content (AvgIpc) is 1.50. The first-order chi connectivity index (χ1) is 2.00. The SMILES string of the molecule is [BaH2].[Cu+2].[O-]F.[O-]F. The minimum atomic E-state index is 0. The second-order valence-corrected chi connectivity index (χ2v) is 0. The maximum Gasteiger partial charge on any atom is 2.00 e. The normalized spacial score (nSPS) is 2.00. The first-order valence-corrected chi connectivity index (χ1v) is 0.309. The molecule has 0 aliphatic carbocycles. The number of hydrogen-bond acceptors (Lipinski definition) is 2. The Morgan fingerprint density at radius 3 is 0.833 bits per heavy atom. The van der Waals surface area contributed by atoms with Crippen molar-refractivity contribution in [1.82, 2.24) is 0 Å². The van der Waals surface area contributed by atoms with Crippen molar-refractivity contribution in [3.05, 3.63) is 0 Å². The maximum absolute atomic E-state index is 8.25. The third-order valence-electron chi connectivity index (χ3n) is 0. The second-order valence-electron chi connectivity index (χ2n) is 0. The molecule has 0 aromatic rings. The van der Waals surface area contributed by atoms with Crippen molar-refractivity contribution in [3.8, 4) is 0 Å². The van der Waals surface area contributed by atoms with Crippen LogP contribution in [0, 0.1) is 0 Å². The first-order valence-electron chi connectivity index (χ1n) is 0.309. The largest absolute Gasteiger partial charge is 2.00 e. The molecule has 0 saturated carbocycles. The predicted octanol–water partition coefficient (Wildman–Crippen LogP) is -2.46. The van der Waals surface area contributed by atoms with Crippen LogP contribution in [0.1, 0.15) is 0 Å². The van der Waals surface area contributed by atoms with Gasteiger partial charge in [-0.05, 0) is 0 Å². The predicted molar refractivity (Wildman–Crippen MR) is 10.8 cm³/mol. The summed E-state index contributed by atoms with van der Waals surface area (Å²) >= 11 is 0. The molecule has 2 nitrogen and oxygen atoms in total. The van der Waals surface area contributed by atoms with Crippen LogP contribution in [-0.4, -0.2) is 48.9 Å². The standard InChI is InChI=1S/Ba.Cu.2FO.2H/c;;2*1-2;;/q;+2;2*-1;;. The van der Waals surface area contributed by atoms with Crippen molar-refractivity contribution in [1.29, 1.82) is 0 Å². The van der Waals surface area contributed by atoms with E-state index < -0.39 is 0 Å². The van der Waals surface area contributed by atoms with Crippen LogP contribution >= 0.6 is 0 Å². The van der Waals surface area contributed by atoms with Gasteiger partial charge in [0, 0.05) is 0 Å². The van der Waals surface area contributed by atoms with E-state index >= 15 is 0 Å². The van der Waals surface area contributed by atoms with E-state index in [0.29, 0.717) is 0 Å². The summed E-state index contributed by atoms with van der Waals surface area (Å²) in [5, 5.41) is 13.5. The van der Waals surface area contributed by atoms with Crippen LogP contribution in [0.5, 0.6) is 0 Å². The first kappa shape index (κ1) is 24.8. The summed E-state index contributed by atoms with van der Waals surface area (Å²) in [4.78, 5) is 0. The van der Waals surface area contributed by atoms with Gasteiger partial charge in [0.05, 0.1) is 0 Å². The van der Waals surface area contributed by atoms with Gasteiger partial charge in [-0.1, -0.05) is 0 Å². The topological polar surface area (TPSA) is 46.1 Å². The third-order valence-corrected chi connectivity index (χ3v) is 0. The van der Waals surface area contributed by atoms with Gasteiger partial charge in [0.1, 0.15) is 0 Å². The summed E-state index contributed by atoms with van der Waals surface area (Å²) in [6.45, 7) is 0. The minimum absolute atomic E-state index is 0. The molecule has 0 atom stereocenters. The maximum atomic E-state index is 8.25. The van der Waals surface area contributed by atoms with Gasteiger partial charge in [0.2, 0.25) is 0 Å². The minimum Gasteiger partial charge on any atom is -0.682 e. The van der Waals surface area contributed by atoms with Gasteiger partial charge in [-0.25, -0.2) is 0 Å². The molecule has 0 spiro atoms. The fraction of sp³-hybridized carbons (Fsp3) is 0. The Kier molecular flexibility index (Phi) is 280. The molecule has 0 aromatic heterocycles. The molecule has 1 radical (unpaired) electrons. The van der Waals surface area contributed by atoms with E-state index in [4.69, 9.17) is 19.7 Å². The molecule has 0 aliphatic heterocycles. The van der Waals surface area contributed by atoms with Gasteiger partial charge >= 0.3 is 65.9 Å². The Morgan fingerprint density at radius 2 is 0.833 bits per heavy atom. The molecule has 0 heterocycles. The third kappa shape index (κ3) is 39.8. The monoisotopic (exact) mass is 273 g/mol. The molecule has 0 unspecified atom stereocenters. The molecule has 0 saturated heterocycles. The van der Waals surface area contributed by atoms with Crippen molar-refractivity contribution < 1.29 is 36.7 Å². The molecule has 41 valence electrons. The zero-order chi connectivity index (χ0) is 4.00. The van der Waals surface area contributed by atoms with Crippen LogP contribution in [0.3, 0.4) is 0 Å². The summed E-state index contributed by atoms with van der Waals surface area (Å²) in [5.41, 5.74) is 0. The van der Waals surface area contributed by atoms with Crippen molar-refractivity contribution in [2.75, 3.05) is 0 Å². The van der Waals surface area contributed by atoms with E-state index in [1.165, 1.54) is 0 Å². The van der Waals surface area contributed by atoms with E-state index in [1.807, 2.05) is 0 Å². The Morgan fingerprint density at radius 1 is 0.833 bits per heavy atom. The van der Waals surface area contributed by atoms with Crippen molar-refractivity contribution >= 4 is 48.9 Å². The summed E-state index contributed by atoms with van der Waals surface area (Å²) < 4.78 is 16.5. The number of hydrogen-bond donors (Lipinski definition) is 0. The van der Waals surface area contributed by atoms with E-state index in [-0.39, 0.29) is 65.9 Å².